The van der Waals surface area contributed by atoms with Gasteiger partial charge in [0, 0.05) is 37.4 Å². The summed E-state index contributed by atoms with van der Waals surface area (Å²) in [6.07, 6.45) is 0. The molecule has 1 saturated heterocycles. The summed E-state index contributed by atoms with van der Waals surface area (Å²) >= 11 is 1.20. The predicted octanol–water partition coefficient (Wildman–Crippen LogP) is 2.28. The third-order valence-corrected chi connectivity index (χ3v) is 6.81. The first-order chi connectivity index (χ1) is 15.5. The Balaban J connectivity index is 1.37. The summed E-state index contributed by atoms with van der Waals surface area (Å²) in [5, 5.41) is 9.81. The van der Waals surface area contributed by atoms with Crippen molar-refractivity contribution in [2.24, 2.45) is 4.99 Å². The maximum Gasteiger partial charge on any atom is 0.323 e. The van der Waals surface area contributed by atoms with Gasteiger partial charge < -0.3 is 14.9 Å². The first kappa shape index (κ1) is 20.3. The van der Waals surface area contributed by atoms with Crippen LogP contribution in [0, 0.1) is 0 Å². The van der Waals surface area contributed by atoms with Crippen molar-refractivity contribution < 1.29 is 19.5 Å². The molecule has 2 aromatic rings. The Labute approximate surface area is 188 Å². The Kier molecular flexibility index (Phi) is 5.18. The number of para-hydroxylation sites is 2. The highest BCUT2D eigenvalue weighted by atomic mass is 32.2. The summed E-state index contributed by atoms with van der Waals surface area (Å²) in [6.45, 7) is 2.58. The number of carbonyl (C=O) groups excluding carboxylic acids is 2. The molecule has 0 radical (unpaired) electrons. The van der Waals surface area contributed by atoms with Crippen LogP contribution in [-0.4, -0.2) is 65.7 Å². The quantitative estimate of drug-likeness (QED) is 0.720. The van der Waals surface area contributed by atoms with E-state index >= 15 is 0 Å². The molecule has 3 heterocycles. The zero-order valence-electron chi connectivity index (χ0n) is 17.1. The Morgan fingerprint density at radius 1 is 0.938 bits per heavy atom. The summed E-state index contributed by atoms with van der Waals surface area (Å²) < 4.78 is 0. The molecule has 0 saturated carbocycles. The molecular weight excluding hydrogens is 428 g/mol. The summed E-state index contributed by atoms with van der Waals surface area (Å²) in [6, 6.07) is 17.1. The number of amidine groups is 1. The molecule has 2 aromatic carbocycles. The maximum atomic E-state index is 13.1. The molecule has 9 heteroatoms. The normalized spacial score (nSPS) is 20.6. The Morgan fingerprint density at radius 2 is 1.59 bits per heavy atom. The standard InChI is InChI=1S/C23H20N4O4S/c28-18(29)14-27-17-9-5-4-8-16(17)19(22(27)31)20-21(30)24-23(32-20)26-12-10-25(11-13-26)15-6-2-1-3-7-15/h1-9H,10-14H2,(H,28,29)/b20-19-. The van der Waals surface area contributed by atoms with Gasteiger partial charge in [0.05, 0.1) is 16.2 Å². The minimum atomic E-state index is -1.11. The Bertz CT molecular complexity index is 1170. The third-order valence-electron chi connectivity index (χ3n) is 5.70. The number of hydrogen-bond donors (Lipinski definition) is 1. The number of carbonyl (C=O) groups is 3. The second-order valence-electron chi connectivity index (χ2n) is 7.62. The number of hydrogen-bond acceptors (Lipinski definition) is 6. The van der Waals surface area contributed by atoms with Gasteiger partial charge in [-0.3, -0.25) is 19.3 Å². The molecule has 162 valence electrons. The van der Waals surface area contributed by atoms with Gasteiger partial charge >= 0.3 is 5.97 Å². The molecule has 3 aliphatic rings. The second-order valence-corrected chi connectivity index (χ2v) is 8.60. The number of anilines is 2. The number of benzene rings is 2. The van der Waals surface area contributed by atoms with Gasteiger partial charge in [0.25, 0.3) is 11.8 Å². The van der Waals surface area contributed by atoms with Gasteiger partial charge in [-0.25, -0.2) is 0 Å². The van der Waals surface area contributed by atoms with Gasteiger partial charge in [-0.2, -0.15) is 4.99 Å². The van der Waals surface area contributed by atoms with E-state index in [-0.39, 0.29) is 10.5 Å². The summed E-state index contributed by atoms with van der Waals surface area (Å²) in [5.74, 6) is -2.04. The van der Waals surface area contributed by atoms with Gasteiger partial charge in [-0.05, 0) is 30.0 Å². The molecule has 1 N–H and O–H groups in total. The largest absolute Gasteiger partial charge is 0.480 e. The van der Waals surface area contributed by atoms with Crippen LogP contribution in [0.3, 0.4) is 0 Å². The number of thioether (sulfide) groups is 1. The number of rotatable bonds is 3. The second kappa shape index (κ2) is 8.16. The summed E-state index contributed by atoms with van der Waals surface area (Å²) in [5.41, 5.74) is 2.47. The van der Waals surface area contributed by atoms with Crippen molar-refractivity contribution in [2.75, 3.05) is 42.5 Å². The van der Waals surface area contributed by atoms with E-state index in [1.165, 1.54) is 22.3 Å². The van der Waals surface area contributed by atoms with Gasteiger partial charge in [-0.1, -0.05) is 36.4 Å². The highest BCUT2D eigenvalue weighted by Gasteiger charge is 2.40. The van der Waals surface area contributed by atoms with Crippen molar-refractivity contribution in [1.29, 1.82) is 0 Å². The van der Waals surface area contributed by atoms with Crippen LogP contribution in [0.25, 0.3) is 5.57 Å². The van der Waals surface area contributed by atoms with Crippen LogP contribution in [0.1, 0.15) is 5.56 Å². The molecule has 0 unspecified atom stereocenters. The smallest absolute Gasteiger partial charge is 0.323 e. The molecule has 32 heavy (non-hydrogen) atoms. The van der Waals surface area contributed by atoms with E-state index in [0.717, 1.165) is 13.1 Å². The van der Waals surface area contributed by atoms with Crippen LogP contribution >= 0.6 is 11.8 Å². The number of aliphatic carboxylic acids is 1. The fourth-order valence-electron chi connectivity index (χ4n) is 4.18. The molecule has 2 amide bonds. The van der Waals surface area contributed by atoms with Gasteiger partial charge in [0.2, 0.25) is 0 Å². The third kappa shape index (κ3) is 3.54. The molecule has 0 spiro atoms. The monoisotopic (exact) mass is 448 g/mol. The molecule has 8 nitrogen and oxygen atoms in total. The van der Waals surface area contributed by atoms with Crippen LogP contribution < -0.4 is 9.80 Å². The number of carboxylic acids is 1. The Hall–Kier alpha value is -3.59. The molecule has 3 aliphatic heterocycles. The van der Waals surface area contributed by atoms with Gasteiger partial charge in [0.1, 0.15) is 6.54 Å². The zero-order valence-corrected chi connectivity index (χ0v) is 17.9. The van der Waals surface area contributed by atoms with Crippen molar-refractivity contribution >= 4 is 51.7 Å². The lowest BCUT2D eigenvalue weighted by Crippen LogP contribution is -2.47. The molecule has 5 rings (SSSR count). The fraction of sp³-hybridized carbons (Fsp3) is 0.217. The molecule has 0 atom stereocenters. The van der Waals surface area contributed by atoms with Crippen molar-refractivity contribution in [3.8, 4) is 0 Å². The maximum absolute atomic E-state index is 13.1. The van der Waals surface area contributed by atoms with E-state index in [9.17, 15) is 19.5 Å². The molecule has 0 aliphatic carbocycles. The lowest BCUT2D eigenvalue weighted by atomic mass is 10.1. The zero-order chi connectivity index (χ0) is 22.2. The number of amides is 2. The van der Waals surface area contributed by atoms with E-state index in [2.05, 4.69) is 26.9 Å². The lowest BCUT2D eigenvalue weighted by molar-refractivity contribution is -0.136. The highest BCUT2D eigenvalue weighted by Crippen LogP contribution is 2.43. The van der Waals surface area contributed by atoms with Crippen LogP contribution in [0.15, 0.2) is 64.5 Å². The average Bonchev–Trinajstić information content (AvgIpc) is 3.31. The minimum absolute atomic E-state index is 0.235. The number of piperazine rings is 1. The van der Waals surface area contributed by atoms with E-state index in [1.807, 2.05) is 18.2 Å². The van der Waals surface area contributed by atoms with E-state index < -0.39 is 24.3 Å². The van der Waals surface area contributed by atoms with Crippen LogP contribution in [0.4, 0.5) is 11.4 Å². The van der Waals surface area contributed by atoms with Crippen LogP contribution in [0.2, 0.25) is 0 Å². The fourth-order valence-corrected chi connectivity index (χ4v) is 5.23. The molecular formula is C23H20N4O4S. The van der Waals surface area contributed by atoms with Crippen molar-refractivity contribution in [3.05, 3.63) is 65.1 Å². The number of fused-ring (bicyclic) bond motifs is 1. The SMILES string of the molecule is O=C(O)CN1C(=O)/C(=C2\SC(N3CCN(c4ccccc4)CC3)=NC2=O)c2ccccc21. The number of nitrogens with zero attached hydrogens (tertiary/aromatic N) is 4. The average molecular weight is 449 g/mol. The van der Waals surface area contributed by atoms with Crippen molar-refractivity contribution in [3.63, 3.8) is 0 Å². The highest BCUT2D eigenvalue weighted by molar-refractivity contribution is 8.18. The van der Waals surface area contributed by atoms with Gasteiger partial charge in [0.15, 0.2) is 5.17 Å². The number of aliphatic imine (C=N–C) groups is 1. The summed E-state index contributed by atoms with van der Waals surface area (Å²) in [4.78, 5) is 47.2. The van der Waals surface area contributed by atoms with Crippen molar-refractivity contribution in [2.45, 2.75) is 0 Å². The first-order valence-corrected chi connectivity index (χ1v) is 11.1. The predicted molar refractivity (Wildman–Crippen MR) is 124 cm³/mol. The number of carboxylic acid groups (broad SMARTS) is 1. The minimum Gasteiger partial charge on any atom is -0.480 e. The van der Waals surface area contributed by atoms with Crippen molar-refractivity contribution in [1.82, 2.24) is 4.90 Å². The lowest BCUT2D eigenvalue weighted by Gasteiger charge is -2.36. The molecule has 0 bridgehead atoms. The molecule has 0 aromatic heterocycles. The van der Waals surface area contributed by atoms with Crippen LogP contribution in [0.5, 0.6) is 0 Å². The first-order valence-electron chi connectivity index (χ1n) is 10.3. The van der Waals surface area contributed by atoms with E-state index in [0.29, 0.717) is 29.5 Å². The van der Waals surface area contributed by atoms with Gasteiger partial charge in [-0.15, -0.1) is 0 Å². The Morgan fingerprint density at radius 3 is 2.31 bits per heavy atom. The summed E-state index contributed by atoms with van der Waals surface area (Å²) in [7, 11) is 0. The van der Waals surface area contributed by atoms with E-state index in [1.54, 1.807) is 24.3 Å². The topological polar surface area (TPSA) is 93.5 Å². The molecule has 1 fully saturated rings. The van der Waals surface area contributed by atoms with Crippen LogP contribution in [-0.2, 0) is 14.4 Å². The van der Waals surface area contributed by atoms with E-state index in [4.69, 9.17) is 0 Å².